The number of sulfonamides is 1. The number of carbonyl (C=O) groups excluding carboxylic acids is 4. The van der Waals surface area contributed by atoms with Crippen molar-refractivity contribution in [3.63, 3.8) is 0 Å². The summed E-state index contributed by atoms with van der Waals surface area (Å²) >= 11 is 9.23. The van der Waals surface area contributed by atoms with E-state index in [9.17, 15) is 37.7 Å². The Bertz CT molecular complexity index is 5630. The van der Waals surface area contributed by atoms with E-state index in [1.165, 1.54) is 76.4 Å². The van der Waals surface area contributed by atoms with Crippen LogP contribution >= 0.6 is 45.6 Å². The molecule has 111 heavy (non-hydrogen) atoms. The summed E-state index contributed by atoms with van der Waals surface area (Å²) in [7, 11) is -2.61. The summed E-state index contributed by atoms with van der Waals surface area (Å²) in [6, 6.07) is 16.7. The molecule has 0 spiro atoms. The maximum absolute atomic E-state index is 12.6. The number of nitro groups is 1. The number of rotatable bonds is 23. The molecule has 1 unspecified atom stereocenters. The number of thiophene rings is 3. The fraction of sp³-hybridized carbons (Fsp3) is 0.315. The van der Waals surface area contributed by atoms with Gasteiger partial charge in [0.25, 0.3) is 15.8 Å². The van der Waals surface area contributed by atoms with Crippen molar-refractivity contribution >= 4 is 137 Å². The largest absolute Gasteiger partial charge is 0.467 e. The number of Topliss-reactive ketones (excluding diaryl/α,β-unsaturated/α-hetero) is 1. The highest BCUT2D eigenvalue weighted by atomic mass is 35.5. The number of terminal acetylenes is 3. The fourth-order valence-electron chi connectivity index (χ4n) is 10.9. The molecule has 33 nitrogen and oxygen atoms in total. The zero-order chi connectivity index (χ0) is 78.3. The molecule has 38 heteroatoms. The van der Waals surface area contributed by atoms with Gasteiger partial charge in [0.05, 0.1) is 67.2 Å². The van der Waals surface area contributed by atoms with Gasteiger partial charge in [-0.3, -0.25) is 40.1 Å². The molecule has 4 aliphatic carbocycles. The number of nitrogens with one attached hydrogen (secondary N) is 9. The van der Waals surface area contributed by atoms with Gasteiger partial charge in [0, 0.05) is 113 Å². The van der Waals surface area contributed by atoms with E-state index in [1.807, 2.05) is 29.2 Å². The van der Waals surface area contributed by atoms with Crippen LogP contribution in [0.25, 0.3) is 32.1 Å². The number of anilines is 9. The van der Waals surface area contributed by atoms with Gasteiger partial charge in [0.2, 0.25) is 11.9 Å². The maximum atomic E-state index is 12.6. The molecule has 0 bridgehead atoms. The average molecular weight is 1610 g/mol. The molecule has 16 rings (SSSR count). The molecular weight excluding hydrogens is 1520 g/mol. The number of H-pyrrole nitrogens is 4. The van der Waals surface area contributed by atoms with Crippen LogP contribution in [0.5, 0.6) is 0 Å². The third-order valence-electron chi connectivity index (χ3n) is 17.5. The van der Waals surface area contributed by atoms with E-state index in [0.29, 0.717) is 137 Å². The third kappa shape index (κ3) is 19.0. The summed E-state index contributed by atoms with van der Waals surface area (Å²) in [5.41, 5.74) is 5.01. The molecular formula is C73H86ClN23O10S4. The Morgan fingerprint density at radius 2 is 1.05 bits per heavy atom. The lowest BCUT2D eigenvalue weighted by atomic mass is 9.96. The smallest absolute Gasteiger partial charge is 0.380 e. The number of amides is 1. The molecule has 4 saturated carbocycles. The summed E-state index contributed by atoms with van der Waals surface area (Å²) in [5, 5.41) is 52.7. The third-order valence-corrected chi connectivity index (χ3v) is 22.8. The molecule has 0 aromatic carbocycles. The Kier molecular flexibility index (Phi) is 23.0. The van der Waals surface area contributed by atoms with E-state index in [0.717, 1.165) is 82.5 Å². The number of halogens is 1. The molecule has 584 valence electrons. The number of aromatic amines is 4. The van der Waals surface area contributed by atoms with Crippen molar-refractivity contribution in [2.24, 2.45) is 5.41 Å². The first kappa shape index (κ1) is 76.8. The highest BCUT2D eigenvalue weighted by Crippen LogP contribution is 2.44. The minimum atomic E-state index is -4.00. The molecule has 11 aromatic rings. The SMILES string of the molecule is C#Cc1cnc(-c2ccc(C(=O)C(=O)OCC)s2)nc1Nc1cc(C2CC2)[nH]n1.C#Cc1cnc(-c2ccc(S(=O)(=O)NC(=O)C(C)(C)C)s2)nc1Nc1cc(C2CC2)[nH]n1.C#Cc1cnc(N2CCCC2C(=O)OC)nc1Nc1cc(C2CC2)[nH]n1.O=[N+]([O-])c1ccc(-c2ncc(Cl)c(Nc3cc(C4CC4)[nH]n3)n2)s1.[HH].[HH].[HH].[HH].[HH].[HH].[HH].[HH]. The van der Waals surface area contributed by atoms with E-state index >= 15 is 0 Å². The van der Waals surface area contributed by atoms with Crippen molar-refractivity contribution in [3.05, 3.63) is 145 Å². The Morgan fingerprint density at radius 1 is 0.622 bits per heavy atom. The Balaban J connectivity index is 0.000000278. The lowest BCUT2D eigenvalue weighted by Gasteiger charge is -2.23. The molecule has 1 amide bonds. The monoisotopic (exact) mass is 1610 g/mol. The standard InChI is InChI=1S/C21H22N6O3S2.C20H17N5O3S.C18H20N6O2.C14H11ClN6O2S.8H2/c1-5-12-11-22-19(24-18(12)23-16-10-14(25-26-16)13-6-7-13)15-8-9-17(31-15)32(29,30)27-20(28)21(2,3)4;1-3-11-10-21-19(15-8-7-14(29-15)17(26)20(27)28-4-2)23-18(11)22-16-9-13(24-25-16)12-5-6-12;1-3-11-10-19-18(24-8-4-5-14(24)17(25)26-2)21-16(11)20-15-9-13(22-23-15)12-6-7-12;15-8-6-16-14(10-3-4-12(24-10)21(22)23)18-13(8)17-11-5-9(19-20-11)7-1-2-7;;;;;;;;/h1,8-11,13H,6-7H2,2-4H3,(H,27,28)(H2,22,23,24,25,26);1,7-10,12H,4-6H2,2H3,(H2,21,22,23,24,25);1,9-10,12,14H,4-8H2,2H3,(H2,19,20,21,22,23);3-7H,1-2H2,(H2,16,17,18,19,20);8*1H. The number of hydrogen-bond donors (Lipinski definition) is 9. The second kappa shape index (κ2) is 33.2. The van der Waals surface area contributed by atoms with E-state index in [1.54, 1.807) is 58.2 Å². The number of ether oxygens (including phenoxy) is 2. The van der Waals surface area contributed by atoms with Crippen molar-refractivity contribution in [1.29, 1.82) is 0 Å². The Morgan fingerprint density at radius 3 is 1.50 bits per heavy atom. The molecule has 11 aromatic heterocycles. The van der Waals surface area contributed by atoms with Gasteiger partial charge in [-0.25, -0.2) is 57.6 Å². The fourth-order valence-corrected chi connectivity index (χ4v) is 15.1. The highest BCUT2D eigenvalue weighted by molar-refractivity contribution is 7.92. The number of methoxy groups -OCH3 is 1. The van der Waals surface area contributed by atoms with E-state index in [-0.39, 0.29) is 44.1 Å². The number of nitrogens with zero attached hydrogens (tertiary/aromatic N) is 14. The zero-order valence-electron chi connectivity index (χ0n) is 60.0. The average Bonchev–Trinajstić information content (AvgIpc) is 1.37. The second-order valence-electron chi connectivity index (χ2n) is 26.9. The number of hydrogen-bond acceptors (Lipinski definition) is 30. The van der Waals surface area contributed by atoms with Crippen LogP contribution in [-0.4, -0.2) is 144 Å². The maximum Gasteiger partial charge on any atom is 0.380 e. The van der Waals surface area contributed by atoms with E-state index in [4.69, 9.17) is 40.3 Å². The second-order valence-corrected chi connectivity index (χ2v) is 32.4. The van der Waals surface area contributed by atoms with Crippen molar-refractivity contribution in [3.8, 4) is 69.1 Å². The molecule has 5 fully saturated rings. The molecule has 9 N–H and O–H groups in total. The molecule has 0 radical (unpaired) electrons. The van der Waals surface area contributed by atoms with Gasteiger partial charge < -0.3 is 35.6 Å². The molecule has 1 aliphatic heterocycles. The van der Waals surface area contributed by atoms with Crippen LogP contribution in [0.4, 0.5) is 57.5 Å². The predicted molar refractivity (Wildman–Crippen MR) is 434 cm³/mol. The summed E-state index contributed by atoms with van der Waals surface area (Å²) in [6.07, 6.45) is 33.8. The van der Waals surface area contributed by atoms with Crippen LogP contribution in [0.3, 0.4) is 0 Å². The van der Waals surface area contributed by atoms with Gasteiger partial charge in [-0.1, -0.05) is 61.5 Å². The van der Waals surface area contributed by atoms with E-state index in [2.05, 4.69) is 124 Å². The quantitative estimate of drug-likeness (QED) is 0.00717. The minimum Gasteiger partial charge on any atom is -0.467 e. The van der Waals surface area contributed by atoms with Crippen LogP contribution < -0.4 is 30.9 Å². The van der Waals surface area contributed by atoms with Gasteiger partial charge in [-0.2, -0.15) is 25.4 Å². The Hall–Kier alpha value is -12.3. The van der Waals surface area contributed by atoms with Gasteiger partial charge in [-0.05, 0) is 101 Å². The lowest BCUT2D eigenvalue weighted by molar-refractivity contribution is -0.380. The van der Waals surface area contributed by atoms with Crippen LogP contribution in [0.2, 0.25) is 5.02 Å². The van der Waals surface area contributed by atoms with E-state index < -0.39 is 38.0 Å². The highest BCUT2D eigenvalue weighted by Gasteiger charge is 2.35. The van der Waals surface area contributed by atoms with Gasteiger partial charge in [0.1, 0.15) is 15.3 Å². The number of aromatic nitrogens is 16. The van der Waals surface area contributed by atoms with Crippen LogP contribution in [0, 0.1) is 52.6 Å². The first-order chi connectivity index (χ1) is 53.4. The first-order valence-corrected chi connectivity index (χ1v) is 39.2. The predicted octanol–water partition coefficient (Wildman–Crippen LogP) is 14.7. The van der Waals surface area contributed by atoms with Crippen molar-refractivity contribution in [1.82, 2.24) is 85.4 Å². The van der Waals surface area contributed by atoms with Crippen molar-refractivity contribution < 1.29 is 53.4 Å². The summed E-state index contributed by atoms with van der Waals surface area (Å²) < 4.78 is 36.9. The minimum absolute atomic E-state index is 0. The Labute approximate surface area is 663 Å². The summed E-state index contributed by atoms with van der Waals surface area (Å²) in [4.78, 5) is 97.0. The summed E-state index contributed by atoms with van der Waals surface area (Å²) in [6.45, 7) is 7.40. The first-order valence-electron chi connectivity index (χ1n) is 34.9. The van der Waals surface area contributed by atoms with Crippen LogP contribution in [0.15, 0.2) is 89.7 Å². The topological polar surface area (TPSA) is 445 Å². The molecule has 1 saturated heterocycles. The van der Waals surface area contributed by atoms with Crippen molar-refractivity contribution in [2.45, 2.75) is 126 Å². The normalized spacial score (nSPS) is 14.9. The number of ketones is 1. The van der Waals surface area contributed by atoms with Gasteiger partial charge in [0.15, 0.2) is 64.0 Å². The van der Waals surface area contributed by atoms with Gasteiger partial charge >= 0.3 is 16.9 Å². The number of esters is 2. The lowest BCUT2D eigenvalue weighted by Crippen LogP contribution is -2.38. The number of carbonyl (C=O) groups is 4. The summed E-state index contributed by atoms with van der Waals surface area (Å²) in [5.74, 6) is 13.2. The molecule has 1 atom stereocenters. The molecule has 12 heterocycles. The van der Waals surface area contributed by atoms with Crippen LogP contribution in [-0.2, 0) is 33.9 Å². The van der Waals surface area contributed by atoms with Crippen molar-refractivity contribution in [2.75, 3.05) is 46.4 Å². The molecule has 5 aliphatic rings. The zero-order valence-corrected chi connectivity index (χ0v) is 64.1. The van der Waals surface area contributed by atoms with Gasteiger partial charge in [-0.15, -0.1) is 41.9 Å². The van der Waals surface area contributed by atoms with Crippen LogP contribution in [0.1, 0.15) is 176 Å².